The van der Waals surface area contributed by atoms with E-state index in [1.54, 1.807) is 6.92 Å². The number of rotatable bonds is 6. The van der Waals surface area contributed by atoms with E-state index in [0.717, 1.165) is 43.9 Å². The van der Waals surface area contributed by atoms with Crippen LogP contribution in [0.15, 0.2) is 49.2 Å². The Morgan fingerprint density at radius 3 is 2.59 bits per heavy atom. The minimum atomic E-state index is -0.183. The van der Waals surface area contributed by atoms with Crippen LogP contribution in [0.5, 0.6) is 0 Å². The highest BCUT2D eigenvalue weighted by Crippen LogP contribution is 2.35. The van der Waals surface area contributed by atoms with Gasteiger partial charge >= 0.3 is 0 Å². The fourth-order valence-corrected chi connectivity index (χ4v) is 4.13. The molecule has 0 saturated carbocycles. The van der Waals surface area contributed by atoms with E-state index in [-0.39, 0.29) is 5.91 Å². The summed E-state index contributed by atoms with van der Waals surface area (Å²) in [6.07, 6.45) is 3.32. The number of hydrogen-bond acceptors (Lipinski definition) is 6. The Bertz CT molecular complexity index is 1020. The van der Waals surface area contributed by atoms with Crippen LogP contribution in [-0.4, -0.2) is 15.5 Å². The number of amides is 1. The maximum Gasteiger partial charge on any atom is 0.269 e. The van der Waals surface area contributed by atoms with Gasteiger partial charge in [0.2, 0.25) is 0 Å². The van der Waals surface area contributed by atoms with Crippen molar-refractivity contribution in [1.82, 2.24) is 9.59 Å². The van der Waals surface area contributed by atoms with Crippen LogP contribution < -0.4 is 5.32 Å². The van der Waals surface area contributed by atoms with E-state index >= 15 is 0 Å². The Balaban J connectivity index is 0.00000145. The number of nitrogens with one attached hydrogen (secondary N) is 1. The summed E-state index contributed by atoms with van der Waals surface area (Å²) in [6, 6.07) is 10.1. The van der Waals surface area contributed by atoms with E-state index in [2.05, 4.69) is 40.5 Å². The van der Waals surface area contributed by atoms with Crippen molar-refractivity contribution in [3.05, 3.63) is 70.9 Å². The predicted octanol–water partition coefficient (Wildman–Crippen LogP) is 6.68. The number of benzene rings is 1. The maximum absolute atomic E-state index is 12.4. The third-order valence-corrected chi connectivity index (χ3v) is 5.82. The molecule has 5 nitrogen and oxygen atoms in total. The van der Waals surface area contributed by atoms with Gasteiger partial charge < -0.3 is 10.1 Å². The second-order valence-electron chi connectivity index (χ2n) is 5.77. The lowest BCUT2D eigenvalue weighted by atomic mass is 10.0. The van der Waals surface area contributed by atoms with E-state index in [0.29, 0.717) is 10.6 Å². The first kappa shape index (κ1) is 22.5. The molecule has 0 aliphatic heterocycles. The monoisotopic (exact) mass is 427 g/mol. The standard InChI is InChI=1S/C20H19N3O2S2.C2H6/c1-5-16(25-6-2)14-8-7-12(3)15(11-14)17-9-10-18(26-17)21-20(24)19-13(4)22-23-27-19;1-2/h5-11H,2H2,1,3-4H3,(H,21,24);1-2H3/b16-5-;. The summed E-state index contributed by atoms with van der Waals surface area (Å²) in [5.41, 5.74) is 3.86. The summed E-state index contributed by atoms with van der Waals surface area (Å²) in [7, 11) is 0. The highest BCUT2D eigenvalue weighted by molar-refractivity contribution is 7.19. The Labute approximate surface area is 179 Å². The number of aromatic nitrogens is 2. The second kappa shape index (κ2) is 10.7. The van der Waals surface area contributed by atoms with Gasteiger partial charge in [0.15, 0.2) is 0 Å². The topological polar surface area (TPSA) is 64.1 Å². The molecule has 1 amide bonds. The van der Waals surface area contributed by atoms with Gasteiger partial charge in [-0.1, -0.05) is 37.0 Å². The van der Waals surface area contributed by atoms with E-state index < -0.39 is 0 Å². The van der Waals surface area contributed by atoms with Crippen LogP contribution in [0.3, 0.4) is 0 Å². The first-order chi connectivity index (χ1) is 14.0. The normalized spacial score (nSPS) is 10.7. The average Bonchev–Trinajstić information content (AvgIpc) is 3.37. The molecule has 0 fully saturated rings. The lowest BCUT2D eigenvalue weighted by molar-refractivity contribution is 0.103. The summed E-state index contributed by atoms with van der Waals surface area (Å²) in [6.45, 7) is 13.4. The molecular weight excluding hydrogens is 402 g/mol. The van der Waals surface area contributed by atoms with Crippen molar-refractivity contribution >= 4 is 39.5 Å². The Hall–Kier alpha value is -2.77. The molecule has 0 spiro atoms. The van der Waals surface area contributed by atoms with E-state index in [9.17, 15) is 4.79 Å². The number of allylic oxidation sites excluding steroid dienone is 1. The number of ether oxygens (including phenoxy) is 1. The molecule has 0 radical (unpaired) electrons. The zero-order valence-electron chi connectivity index (χ0n) is 17.3. The molecule has 7 heteroatoms. The number of hydrogen-bond donors (Lipinski definition) is 1. The summed E-state index contributed by atoms with van der Waals surface area (Å²) < 4.78 is 9.29. The van der Waals surface area contributed by atoms with E-state index in [4.69, 9.17) is 4.74 Å². The van der Waals surface area contributed by atoms with Crippen LogP contribution in [0.4, 0.5) is 5.00 Å². The first-order valence-corrected chi connectivity index (χ1v) is 10.9. The van der Waals surface area contributed by atoms with Crippen molar-refractivity contribution in [3.63, 3.8) is 0 Å². The van der Waals surface area contributed by atoms with Crippen LogP contribution in [0.1, 0.15) is 47.3 Å². The van der Waals surface area contributed by atoms with Crippen molar-refractivity contribution in [1.29, 1.82) is 0 Å². The molecule has 2 heterocycles. The fourth-order valence-electron chi connectivity index (χ4n) is 2.59. The van der Waals surface area contributed by atoms with Gasteiger partial charge in [-0.2, -0.15) is 0 Å². The fraction of sp³-hybridized carbons (Fsp3) is 0.227. The highest BCUT2D eigenvalue weighted by atomic mass is 32.1. The number of carbonyl (C=O) groups excluding carboxylic acids is 1. The number of nitrogens with zero attached hydrogens (tertiary/aromatic N) is 2. The molecule has 0 aliphatic carbocycles. The van der Waals surface area contributed by atoms with Gasteiger partial charge in [0.05, 0.1) is 17.0 Å². The molecule has 0 bridgehead atoms. The average molecular weight is 428 g/mol. The lowest BCUT2D eigenvalue weighted by Gasteiger charge is -2.10. The van der Waals surface area contributed by atoms with E-state index in [1.165, 1.54) is 17.6 Å². The minimum absolute atomic E-state index is 0.183. The SMILES string of the molecule is C=CO/C(=C\C)c1ccc(C)c(-c2ccc(NC(=O)c3snnc3C)s2)c1.CC. The van der Waals surface area contributed by atoms with Crippen molar-refractivity contribution < 1.29 is 9.53 Å². The predicted molar refractivity (Wildman–Crippen MR) is 123 cm³/mol. The molecule has 0 aliphatic rings. The van der Waals surface area contributed by atoms with Crippen molar-refractivity contribution in [2.24, 2.45) is 0 Å². The first-order valence-electron chi connectivity index (χ1n) is 9.29. The molecule has 1 aromatic carbocycles. The largest absolute Gasteiger partial charge is 0.465 e. The van der Waals surface area contributed by atoms with Crippen LogP contribution in [0, 0.1) is 13.8 Å². The van der Waals surface area contributed by atoms with Gasteiger partial charge in [-0.25, -0.2) is 0 Å². The van der Waals surface area contributed by atoms with Crippen molar-refractivity contribution in [3.8, 4) is 10.4 Å². The summed E-state index contributed by atoms with van der Waals surface area (Å²) in [4.78, 5) is 14.0. The van der Waals surface area contributed by atoms with E-state index in [1.807, 2.05) is 45.0 Å². The number of aryl methyl sites for hydroxylation is 2. The highest BCUT2D eigenvalue weighted by Gasteiger charge is 2.15. The number of carbonyl (C=O) groups is 1. The minimum Gasteiger partial charge on any atom is -0.465 e. The zero-order chi connectivity index (χ0) is 21.4. The molecular formula is C22H25N3O2S2. The number of anilines is 1. The van der Waals surface area contributed by atoms with Gasteiger partial charge in [0.1, 0.15) is 10.6 Å². The lowest BCUT2D eigenvalue weighted by Crippen LogP contribution is -2.10. The smallest absolute Gasteiger partial charge is 0.269 e. The van der Waals surface area contributed by atoms with Crippen LogP contribution in [0.2, 0.25) is 0 Å². The van der Waals surface area contributed by atoms with Crippen LogP contribution >= 0.6 is 22.9 Å². The summed E-state index contributed by atoms with van der Waals surface area (Å²) >= 11 is 2.62. The molecule has 3 aromatic rings. The molecule has 29 heavy (non-hydrogen) atoms. The molecule has 2 aromatic heterocycles. The Kier molecular flexibility index (Phi) is 8.30. The van der Waals surface area contributed by atoms with Gasteiger partial charge in [-0.3, -0.25) is 4.79 Å². The van der Waals surface area contributed by atoms with Gasteiger partial charge in [-0.05, 0) is 67.7 Å². The van der Waals surface area contributed by atoms with Crippen molar-refractivity contribution in [2.45, 2.75) is 34.6 Å². The molecule has 0 unspecified atom stereocenters. The second-order valence-corrected chi connectivity index (χ2v) is 7.61. The van der Waals surface area contributed by atoms with Crippen LogP contribution in [0.25, 0.3) is 16.2 Å². The van der Waals surface area contributed by atoms with Crippen molar-refractivity contribution in [2.75, 3.05) is 5.32 Å². The molecule has 0 atom stereocenters. The third kappa shape index (κ3) is 5.40. The van der Waals surface area contributed by atoms with Crippen LogP contribution in [-0.2, 0) is 4.74 Å². The molecule has 1 N–H and O–H groups in total. The number of thiophene rings is 1. The molecule has 3 rings (SSSR count). The quantitative estimate of drug-likeness (QED) is 0.446. The van der Waals surface area contributed by atoms with Gasteiger partial charge in [0, 0.05) is 10.4 Å². The zero-order valence-corrected chi connectivity index (χ0v) is 18.9. The summed E-state index contributed by atoms with van der Waals surface area (Å²) in [5, 5.41) is 7.58. The molecule has 152 valence electrons. The Morgan fingerprint density at radius 1 is 1.21 bits per heavy atom. The molecule has 0 saturated heterocycles. The van der Waals surface area contributed by atoms with Gasteiger partial charge in [-0.15, -0.1) is 16.4 Å². The maximum atomic E-state index is 12.4. The Morgan fingerprint density at radius 2 is 1.97 bits per heavy atom. The summed E-state index contributed by atoms with van der Waals surface area (Å²) in [5.74, 6) is 0.571. The third-order valence-electron chi connectivity index (χ3n) is 3.96. The van der Waals surface area contributed by atoms with Gasteiger partial charge in [0.25, 0.3) is 5.91 Å².